The van der Waals surface area contributed by atoms with Crippen molar-refractivity contribution in [2.24, 2.45) is 0 Å². The number of thiazole rings is 1. The molecule has 0 spiro atoms. The van der Waals surface area contributed by atoms with Gasteiger partial charge in [-0.15, -0.1) is 0 Å². The number of carbonyl (C=O) groups is 1. The summed E-state index contributed by atoms with van der Waals surface area (Å²) in [6.07, 6.45) is 6.70. The maximum Gasteiger partial charge on any atom is 0.335 e. The van der Waals surface area contributed by atoms with Crippen LogP contribution >= 0.6 is 23.1 Å². The molecule has 0 atom stereocenters. The van der Waals surface area contributed by atoms with Crippen LogP contribution in [-0.2, 0) is 6.54 Å². The molecular formula is C31H29N2O2S2+. The highest BCUT2D eigenvalue weighted by molar-refractivity contribution is 8.03. The first-order valence-corrected chi connectivity index (χ1v) is 14.0. The zero-order valence-corrected chi connectivity index (χ0v) is 22.8. The van der Waals surface area contributed by atoms with Gasteiger partial charge >= 0.3 is 5.97 Å². The maximum atomic E-state index is 11.3. The van der Waals surface area contributed by atoms with Crippen LogP contribution in [0.4, 0.5) is 5.69 Å². The van der Waals surface area contributed by atoms with Gasteiger partial charge in [0.1, 0.15) is 11.2 Å². The Balaban J connectivity index is 1.62. The summed E-state index contributed by atoms with van der Waals surface area (Å²) in [5.74, 6) is -0.913. The van der Waals surface area contributed by atoms with E-state index in [2.05, 4.69) is 97.0 Å². The Bertz CT molecular complexity index is 1560. The number of nitrogens with zero attached hydrogens (tertiary/aromatic N) is 2. The van der Waals surface area contributed by atoms with Crippen molar-refractivity contribution in [2.75, 3.05) is 11.4 Å². The molecule has 2 heterocycles. The van der Waals surface area contributed by atoms with E-state index in [0.29, 0.717) is 5.56 Å². The van der Waals surface area contributed by atoms with Gasteiger partial charge in [-0.3, -0.25) is 0 Å². The first-order chi connectivity index (χ1) is 18.0. The summed E-state index contributed by atoms with van der Waals surface area (Å²) in [7, 11) is 0. The van der Waals surface area contributed by atoms with Gasteiger partial charge in [0.15, 0.2) is 0 Å². The van der Waals surface area contributed by atoms with Crippen LogP contribution in [0.3, 0.4) is 0 Å². The molecule has 1 aliphatic heterocycles. The number of hydrogen-bond acceptors (Lipinski definition) is 4. The second kappa shape index (κ2) is 10.8. The molecule has 37 heavy (non-hydrogen) atoms. The topological polar surface area (TPSA) is 44.4 Å². The Morgan fingerprint density at radius 3 is 2.43 bits per heavy atom. The van der Waals surface area contributed by atoms with Crippen molar-refractivity contribution in [2.45, 2.75) is 32.2 Å². The normalized spacial score (nSPS) is 15.0. The van der Waals surface area contributed by atoms with Crippen LogP contribution in [-0.4, -0.2) is 17.6 Å². The summed E-state index contributed by atoms with van der Waals surface area (Å²) in [5, 5.41) is 11.7. The van der Waals surface area contributed by atoms with E-state index < -0.39 is 5.97 Å². The average Bonchev–Trinajstić information content (AvgIpc) is 3.45. The lowest BCUT2D eigenvalue weighted by atomic mass is 10.0. The highest BCUT2D eigenvalue weighted by atomic mass is 32.2. The molecule has 1 aliphatic rings. The van der Waals surface area contributed by atoms with Crippen LogP contribution in [0.2, 0.25) is 0 Å². The van der Waals surface area contributed by atoms with Gasteiger partial charge in [0.05, 0.1) is 16.3 Å². The number of para-hydroxylation sites is 2. The molecule has 186 valence electrons. The van der Waals surface area contributed by atoms with Gasteiger partial charge in [-0.05, 0) is 73.9 Å². The molecule has 0 saturated heterocycles. The molecule has 4 aromatic rings. The first kappa shape index (κ1) is 25.1. The van der Waals surface area contributed by atoms with Gasteiger partial charge in [-0.2, -0.15) is 4.57 Å². The van der Waals surface area contributed by atoms with Crippen molar-refractivity contribution in [3.63, 3.8) is 0 Å². The van der Waals surface area contributed by atoms with E-state index in [-0.39, 0.29) is 0 Å². The van der Waals surface area contributed by atoms with E-state index in [1.54, 1.807) is 35.2 Å². The summed E-state index contributed by atoms with van der Waals surface area (Å²) in [5.41, 5.74) is 6.00. The second-order valence-electron chi connectivity index (χ2n) is 8.80. The third-order valence-electron chi connectivity index (χ3n) is 6.46. The molecule has 1 aromatic heterocycles. The number of aromatic carboxylic acids is 1. The minimum absolute atomic E-state index is 0.292. The van der Waals surface area contributed by atoms with Gasteiger partial charge in [0.2, 0.25) is 5.52 Å². The molecule has 6 heteroatoms. The third-order valence-corrected chi connectivity index (χ3v) is 8.68. The fourth-order valence-electron chi connectivity index (χ4n) is 4.56. The number of allylic oxidation sites excluding steroid dienone is 3. The molecule has 0 fully saturated rings. The van der Waals surface area contributed by atoms with Crippen molar-refractivity contribution in [3.8, 4) is 0 Å². The number of aryl methyl sites for hydroxylation is 1. The van der Waals surface area contributed by atoms with Crippen LogP contribution < -0.4 is 9.47 Å². The minimum atomic E-state index is -0.913. The molecule has 0 aliphatic carbocycles. The van der Waals surface area contributed by atoms with E-state index >= 15 is 0 Å². The summed E-state index contributed by atoms with van der Waals surface area (Å²) < 4.78 is 3.63. The highest BCUT2D eigenvalue weighted by Crippen LogP contribution is 2.46. The largest absolute Gasteiger partial charge is 0.478 e. The molecule has 3 aromatic carbocycles. The van der Waals surface area contributed by atoms with E-state index in [9.17, 15) is 9.90 Å². The Hall–Kier alpha value is -3.61. The Kier molecular flexibility index (Phi) is 7.31. The summed E-state index contributed by atoms with van der Waals surface area (Å²) in [6, 6.07) is 24.1. The predicted octanol–water partition coefficient (Wildman–Crippen LogP) is 7.87. The summed E-state index contributed by atoms with van der Waals surface area (Å²) >= 11 is 3.60. The van der Waals surface area contributed by atoms with Crippen molar-refractivity contribution < 1.29 is 14.5 Å². The number of fused-ring (bicyclic) bond motifs is 2. The number of benzene rings is 3. The monoisotopic (exact) mass is 525 g/mol. The molecule has 0 saturated carbocycles. The third kappa shape index (κ3) is 5.13. The molecule has 0 radical (unpaired) electrons. The number of hydrogen-bond donors (Lipinski definition) is 1. The van der Waals surface area contributed by atoms with Crippen molar-refractivity contribution >= 4 is 57.1 Å². The summed E-state index contributed by atoms with van der Waals surface area (Å²) in [4.78, 5) is 14.9. The number of carboxylic acid groups (broad SMARTS) is 1. The van der Waals surface area contributed by atoms with Gasteiger partial charge in [0.25, 0.3) is 5.01 Å². The maximum absolute atomic E-state index is 11.3. The molecule has 4 nitrogen and oxygen atoms in total. The number of thioether (sulfide) groups is 1. The second-order valence-corrected chi connectivity index (χ2v) is 10.9. The fourth-order valence-corrected chi connectivity index (χ4v) is 6.92. The van der Waals surface area contributed by atoms with Gasteiger partial charge in [0, 0.05) is 23.6 Å². The quantitative estimate of drug-likeness (QED) is 0.197. The van der Waals surface area contributed by atoms with Crippen molar-refractivity contribution in [3.05, 3.63) is 111 Å². The molecule has 0 unspecified atom stereocenters. The molecular weight excluding hydrogens is 496 g/mol. The molecule has 1 N–H and O–H groups in total. The smallest absolute Gasteiger partial charge is 0.335 e. The number of anilines is 1. The minimum Gasteiger partial charge on any atom is -0.478 e. The van der Waals surface area contributed by atoms with E-state index in [1.807, 2.05) is 12.1 Å². The lowest BCUT2D eigenvalue weighted by molar-refractivity contribution is -0.665. The van der Waals surface area contributed by atoms with Gasteiger partial charge in [-0.1, -0.05) is 65.6 Å². The van der Waals surface area contributed by atoms with Crippen molar-refractivity contribution in [1.29, 1.82) is 0 Å². The zero-order valence-electron chi connectivity index (χ0n) is 21.1. The lowest BCUT2D eigenvalue weighted by Gasteiger charge is -2.18. The number of carboxylic acids is 1. The Morgan fingerprint density at radius 2 is 1.70 bits per heavy atom. The van der Waals surface area contributed by atoms with E-state index in [0.717, 1.165) is 29.8 Å². The summed E-state index contributed by atoms with van der Waals surface area (Å²) in [6.45, 7) is 8.27. The molecule has 5 rings (SSSR count). The van der Waals surface area contributed by atoms with Gasteiger partial charge in [-0.25, -0.2) is 4.79 Å². The SMILES string of the molecule is CCN1C(=CC(=Cc2sc3ccccc3[n+]2CC)C(C)=Cc2ccc(C(=O)O)cc2)Sc2ccccc21. The number of aromatic nitrogens is 1. The predicted molar refractivity (Wildman–Crippen MR) is 156 cm³/mol. The van der Waals surface area contributed by atoms with Crippen LogP contribution in [0.15, 0.2) is 99.9 Å². The van der Waals surface area contributed by atoms with E-state index in [1.165, 1.54) is 30.8 Å². The average molecular weight is 526 g/mol. The van der Waals surface area contributed by atoms with Crippen molar-refractivity contribution in [1.82, 2.24) is 0 Å². The zero-order chi connectivity index (χ0) is 25.9. The first-order valence-electron chi connectivity index (χ1n) is 12.4. The fraction of sp³-hybridized carbons (Fsp3) is 0.161. The van der Waals surface area contributed by atoms with Crippen LogP contribution in [0.25, 0.3) is 22.4 Å². The standard InChI is InChI=1S/C31H28N2O2S2/c1-4-32-25-10-6-8-12-27(25)36-29(32)19-24(21(3)18-22-14-16-23(17-15-22)31(34)35)20-30-33(5-2)26-11-7-9-13-28(26)37-30/h6-20H,4-5H2,1-3H3/p+1. The van der Waals surface area contributed by atoms with Gasteiger partial charge < -0.3 is 10.0 Å². The molecule has 0 amide bonds. The lowest BCUT2D eigenvalue weighted by Crippen LogP contribution is -2.33. The highest BCUT2D eigenvalue weighted by Gasteiger charge is 2.24. The Labute approximate surface area is 225 Å². The molecule has 0 bridgehead atoms. The Morgan fingerprint density at radius 1 is 0.973 bits per heavy atom. The number of rotatable bonds is 7. The van der Waals surface area contributed by atoms with Crippen LogP contribution in [0.5, 0.6) is 0 Å². The van der Waals surface area contributed by atoms with Crippen LogP contribution in [0.1, 0.15) is 41.7 Å². The van der Waals surface area contributed by atoms with Crippen LogP contribution in [0, 0.1) is 0 Å². The van der Waals surface area contributed by atoms with E-state index in [4.69, 9.17) is 0 Å².